The van der Waals surface area contributed by atoms with Crippen molar-refractivity contribution in [1.82, 2.24) is 19.7 Å². The first-order valence-corrected chi connectivity index (χ1v) is 13.6. The number of hydrogen-bond acceptors (Lipinski definition) is 6. The molecule has 3 heterocycles. The summed E-state index contributed by atoms with van der Waals surface area (Å²) in [6.07, 6.45) is 0.283. The number of nitrogens with zero attached hydrogens (tertiary/aromatic N) is 3. The molecule has 190 valence electrons. The van der Waals surface area contributed by atoms with Gasteiger partial charge < -0.3 is 24.4 Å². The van der Waals surface area contributed by atoms with Crippen molar-refractivity contribution in [3.8, 4) is 0 Å². The minimum Gasteiger partial charge on any atom is -0.444 e. The number of benzene rings is 1. The van der Waals surface area contributed by atoms with E-state index in [-0.39, 0.29) is 42.5 Å². The quantitative estimate of drug-likeness (QED) is 0.669. The Morgan fingerprint density at radius 2 is 1.49 bits per heavy atom. The lowest BCUT2D eigenvalue weighted by atomic mass is 10.1. The summed E-state index contributed by atoms with van der Waals surface area (Å²) < 4.78 is 28.8. The first-order chi connectivity index (χ1) is 16.4. The smallest absolute Gasteiger partial charge is 0.410 e. The number of aromatic nitrogens is 1. The Morgan fingerprint density at radius 3 is 2.17 bits per heavy atom. The molecular formula is C24H32N4O6S. The number of carbonyl (C=O) groups excluding carboxylic acids is 3. The van der Waals surface area contributed by atoms with Gasteiger partial charge in [-0.1, -0.05) is 0 Å². The molecule has 0 aliphatic carbocycles. The average molecular weight is 505 g/mol. The van der Waals surface area contributed by atoms with Crippen molar-refractivity contribution in [1.29, 1.82) is 0 Å². The molecule has 2 saturated heterocycles. The van der Waals surface area contributed by atoms with E-state index in [1.54, 1.807) is 34.1 Å². The topological polar surface area (TPSA) is 120 Å². The zero-order valence-electron chi connectivity index (χ0n) is 20.4. The van der Waals surface area contributed by atoms with Crippen molar-refractivity contribution < 1.29 is 27.5 Å². The van der Waals surface area contributed by atoms with E-state index in [4.69, 9.17) is 4.74 Å². The van der Waals surface area contributed by atoms with Gasteiger partial charge >= 0.3 is 6.09 Å². The summed E-state index contributed by atoms with van der Waals surface area (Å²) >= 11 is 0. The standard InChI is InChI=1S/C24H32N4O6S/c1-24(2,3)34-23(31)28-8-4-7-26(9-10-28)21(29)17-5-6-19-18(15-17)16-20(25-19)22(30)27-11-13-35(32,33)14-12-27/h5-6,15-16,25H,4,7-14H2,1-3H3. The summed E-state index contributed by atoms with van der Waals surface area (Å²) in [7, 11) is -3.08. The van der Waals surface area contributed by atoms with E-state index in [0.29, 0.717) is 43.9 Å². The maximum absolute atomic E-state index is 13.2. The lowest BCUT2D eigenvalue weighted by Crippen LogP contribution is -2.43. The molecule has 1 aromatic heterocycles. The third kappa shape index (κ3) is 5.95. The molecule has 2 fully saturated rings. The number of rotatable bonds is 2. The summed E-state index contributed by atoms with van der Waals surface area (Å²) in [5.74, 6) is -0.440. The van der Waals surface area contributed by atoms with Crippen LogP contribution in [0.4, 0.5) is 4.79 Å². The normalized spacial score (nSPS) is 18.9. The van der Waals surface area contributed by atoms with E-state index in [1.165, 1.54) is 4.90 Å². The number of nitrogens with one attached hydrogen (secondary N) is 1. The minimum atomic E-state index is -3.08. The molecule has 0 bridgehead atoms. The predicted molar refractivity (Wildman–Crippen MR) is 131 cm³/mol. The molecule has 0 unspecified atom stereocenters. The Labute approximate surface area is 205 Å². The first-order valence-electron chi connectivity index (χ1n) is 11.8. The molecule has 3 amide bonds. The van der Waals surface area contributed by atoms with Crippen LogP contribution in [0.5, 0.6) is 0 Å². The molecule has 11 heteroatoms. The number of ether oxygens (including phenoxy) is 1. The third-order valence-corrected chi connectivity index (χ3v) is 7.77. The molecule has 10 nitrogen and oxygen atoms in total. The predicted octanol–water partition coefficient (Wildman–Crippen LogP) is 2.12. The molecular weight excluding hydrogens is 472 g/mol. The highest BCUT2D eigenvalue weighted by Gasteiger charge is 2.28. The summed E-state index contributed by atoms with van der Waals surface area (Å²) in [6.45, 7) is 7.69. The molecule has 0 radical (unpaired) electrons. The second kappa shape index (κ2) is 9.52. The van der Waals surface area contributed by atoms with Gasteiger partial charge in [-0.25, -0.2) is 13.2 Å². The Hall–Kier alpha value is -3.08. The second-order valence-corrected chi connectivity index (χ2v) is 12.3. The molecule has 0 saturated carbocycles. The van der Waals surface area contributed by atoms with Gasteiger partial charge in [0.05, 0.1) is 11.5 Å². The van der Waals surface area contributed by atoms with Crippen LogP contribution >= 0.6 is 0 Å². The number of fused-ring (bicyclic) bond motifs is 1. The highest BCUT2D eigenvalue weighted by Crippen LogP contribution is 2.21. The summed E-state index contributed by atoms with van der Waals surface area (Å²) in [5, 5.41) is 0.731. The molecule has 35 heavy (non-hydrogen) atoms. The molecule has 0 atom stereocenters. The van der Waals surface area contributed by atoms with Gasteiger partial charge in [0.1, 0.15) is 11.3 Å². The van der Waals surface area contributed by atoms with Crippen LogP contribution in [-0.2, 0) is 14.6 Å². The average Bonchev–Trinajstić information content (AvgIpc) is 3.05. The molecule has 2 aliphatic rings. The van der Waals surface area contributed by atoms with Crippen molar-refractivity contribution in [2.45, 2.75) is 32.8 Å². The van der Waals surface area contributed by atoms with Crippen LogP contribution in [0.15, 0.2) is 24.3 Å². The van der Waals surface area contributed by atoms with Gasteiger partial charge in [-0.2, -0.15) is 0 Å². The van der Waals surface area contributed by atoms with Crippen LogP contribution in [0.3, 0.4) is 0 Å². The van der Waals surface area contributed by atoms with Crippen LogP contribution in [-0.4, -0.2) is 102 Å². The van der Waals surface area contributed by atoms with Gasteiger partial charge in [-0.05, 0) is 51.5 Å². The van der Waals surface area contributed by atoms with Crippen molar-refractivity contribution in [2.24, 2.45) is 0 Å². The van der Waals surface area contributed by atoms with Gasteiger partial charge in [0.25, 0.3) is 11.8 Å². The molecule has 1 N–H and O–H groups in total. The number of hydrogen-bond donors (Lipinski definition) is 1. The Bertz CT molecular complexity index is 1230. The lowest BCUT2D eigenvalue weighted by molar-refractivity contribution is 0.0255. The highest BCUT2D eigenvalue weighted by atomic mass is 32.2. The third-order valence-electron chi connectivity index (χ3n) is 6.16. The summed E-state index contributed by atoms with van der Waals surface area (Å²) in [4.78, 5) is 46.4. The minimum absolute atomic E-state index is 0.0290. The Morgan fingerprint density at radius 1 is 0.857 bits per heavy atom. The molecule has 4 rings (SSSR count). The zero-order chi connectivity index (χ0) is 25.4. The van der Waals surface area contributed by atoms with Gasteiger partial charge in [-0.15, -0.1) is 0 Å². The fraction of sp³-hybridized carbons (Fsp3) is 0.542. The SMILES string of the molecule is CC(C)(C)OC(=O)N1CCCN(C(=O)c2ccc3[nH]c(C(=O)N4CCS(=O)(=O)CC4)cc3c2)CC1. The largest absolute Gasteiger partial charge is 0.444 e. The number of amides is 3. The maximum atomic E-state index is 13.2. The summed E-state index contributed by atoms with van der Waals surface area (Å²) in [5.41, 5.74) is 1.02. The van der Waals surface area contributed by atoms with Crippen LogP contribution in [0.25, 0.3) is 10.9 Å². The lowest BCUT2D eigenvalue weighted by Gasteiger charge is -2.26. The van der Waals surface area contributed by atoms with Crippen LogP contribution in [0, 0.1) is 0 Å². The summed E-state index contributed by atoms with van der Waals surface area (Å²) in [6, 6.07) is 6.94. The number of H-pyrrole nitrogens is 1. The fourth-order valence-corrected chi connectivity index (χ4v) is 5.48. The van der Waals surface area contributed by atoms with E-state index >= 15 is 0 Å². The Balaban J connectivity index is 1.43. The first kappa shape index (κ1) is 25.0. The van der Waals surface area contributed by atoms with Crippen LogP contribution < -0.4 is 0 Å². The van der Waals surface area contributed by atoms with Gasteiger partial charge in [0, 0.05) is 55.7 Å². The maximum Gasteiger partial charge on any atom is 0.410 e. The van der Waals surface area contributed by atoms with Crippen molar-refractivity contribution >= 4 is 38.6 Å². The van der Waals surface area contributed by atoms with E-state index in [2.05, 4.69) is 4.98 Å². The van der Waals surface area contributed by atoms with E-state index in [0.717, 1.165) is 10.9 Å². The highest BCUT2D eigenvalue weighted by molar-refractivity contribution is 7.91. The van der Waals surface area contributed by atoms with Gasteiger partial charge in [0.2, 0.25) is 0 Å². The zero-order valence-corrected chi connectivity index (χ0v) is 21.2. The van der Waals surface area contributed by atoms with E-state index in [9.17, 15) is 22.8 Å². The number of sulfone groups is 1. The van der Waals surface area contributed by atoms with Crippen LogP contribution in [0.1, 0.15) is 48.0 Å². The van der Waals surface area contributed by atoms with Gasteiger partial charge in [-0.3, -0.25) is 9.59 Å². The van der Waals surface area contributed by atoms with E-state index < -0.39 is 15.4 Å². The molecule has 2 aliphatic heterocycles. The van der Waals surface area contributed by atoms with Crippen molar-refractivity contribution in [2.75, 3.05) is 50.8 Å². The Kier molecular flexibility index (Phi) is 6.81. The molecule has 1 aromatic carbocycles. The van der Waals surface area contributed by atoms with Crippen molar-refractivity contribution in [3.63, 3.8) is 0 Å². The second-order valence-electron chi connectivity index (χ2n) is 10.0. The molecule has 0 spiro atoms. The van der Waals surface area contributed by atoms with Gasteiger partial charge in [0.15, 0.2) is 9.84 Å². The van der Waals surface area contributed by atoms with E-state index in [1.807, 2.05) is 20.8 Å². The number of carbonyl (C=O) groups is 3. The number of aromatic amines is 1. The monoisotopic (exact) mass is 504 g/mol. The fourth-order valence-electron chi connectivity index (χ4n) is 4.28. The van der Waals surface area contributed by atoms with Crippen LogP contribution in [0.2, 0.25) is 0 Å². The molecule has 2 aromatic rings. The van der Waals surface area contributed by atoms with Crippen molar-refractivity contribution in [3.05, 3.63) is 35.5 Å².